The highest BCUT2D eigenvalue weighted by molar-refractivity contribution is 6.30. The molecule has 1 atom stereocenters. The standard InChI is InChI=1S/C29H51ClFNO2/c1-3-4-5-6-7-8-9-10-11-12-13-14-15-16-17-18-21-34-25-27(24-33-2)32-23-26-19-20-29(31)28(30)22-26/h19-20,22,27,32H,3-18,21,23-25H2,1-2H3/t27-/m0/s1. The molecule has 0 saturated heterocycles. The first-order valence-electron chi connectivity index (χ1n) is 13.9. The van der Waals surface area contributed by atoms with Crippen LogP contribution in [0.4, 0.5) is 4.39 Å². The minimum Gasteiger partial charge on any atom is -0.383 e. The lowest BCUT2D eigenvalue weighted by Gasteiger charge is -2.18. The van der Waals surface area contributed by atoms with Gasteiger partial charge in [0.05, 0.1) is 24.3 Å². The first kappa shape index (κ1) is 31.4. The normalized spacial score (nSPS) is 12.4. The van der Waals surface area contributed by atoms with Gasteiger partial charge in [-0.05, 0) is 24.1 Å². The van der Waals surface area contributed by atoms with E-state index < -0.39 is 0 Å². The molecule has 0 saturated carbocycles. The van der Waals surface area contributed by atoms with Crippen LogP contribution in [0, 0.1) is 5.82 Å². The Balaban J connectivity index is 1.90. The minimum atomic E-state index is -0.388. The van der Waals surface area contributed by atoms with Gasteiger partial charge in [-0.2, -0.15) is 0 Å². The van der Waals surface area contributed by atoms with E-state index in [2.05, 4.69) is 12.2 Å². The highest BCUT2D eigenvalue weighted by atomic mass is 35.5. The zero-order chi connectivity index (χ0) is 24.7. The van der Waals surface area contributed by atoms with Crippen LogP contribution in [0.2, 0.25) is 5.02 Å². The fourth-order valence-corrected chi connectivity index (χ4v) is 4.46. The van der Waals surface area contributed by atoms with E-state index in [1.54, 1.807) is 19.2 Å². The summed E-state index contributed by atoms with van der Waals surface area (Å²) in [6.45, 7) is 4.87. The van der Waals surface area contributed by atoms with Crippen molar-refractivity contribution >= 4 is 11.6 Å². The molecule has 0 radical (unpaired) electrons. The molecule has 1 N–H and O–H groups in total. The Bertz CT molecular complexity index is 587. The molecule has 0 spiro atoms. The van der Waals surface area contributed by atoms with Gasteiger partial charge in [0.25, 0.3) is 0 Å². The van der Waals surface area contributed by atoms with E-state index in [4.69, 9.17) is 21.1 Å². The van der Waals surface area contributed by atoms with Crippen molar-refractivity contribution < 1.29 is 13.9 Å². The summed E-state index contributed by atoms with van der Waals surface area (Å²) in [7, 11) is 1.69. The highest BCUT2D eigenvalue weighted by Crippen LogP contribution is 2.16. The summed E-state index contributed by atoms with van der Waals surface area (Å²) in [6.07, 6.45) is 22.0. The molecule has 0 aliphatic heterocycles. The molecule has 1 aromatic rings. The SMILES string of the molecule is CCCCCCCCCCCCCCCCCCOC[C@H](COC)NCc1ccc(F)c(Cl)c1. The maximum absolute atomic E-state index is 13.3. The summed E-state index contributed by atoms with van der Waals surface area (Å²) in [5.74, 6) is -0.388. The van der Waals surface area contributed by atoms with Gasteiger partial charge in [0, 0.05) is 20.3 Å². The van der Waals surface area contributed by atoms with Crippen molar-refractivity contribution in [1.29, 1.82) is 0 Å². The molecule has 1 aromatic carbocycles. The molecule has 0 aliphatic carbocycles. The molecule has 0 heterocycles. The van der Waals surface area contributed by atoms with Crippen molar-refractivity contribution in [2.24, 2.45) is 0 Å². The molecule has 3 nitrogen and oxygen atoms in total. The van der Waals surface area contributed by atoms with Gasteiger partial charge < -0.3 is 14.8 Å². The van der Waals surface area contributed by atoms with Gasteiger partial charge in [0.15, 0.2) is 0 Å². The third-order valence-corrected chi connectivity index (χ3v) is 6.70. The molecule has 0 aliphatic rings. The van der Waals surface area contributed by atoms with Crippen LogP contribution in [0.25, 0.3) is 0 Å². The van der Waals surface area contributed by atoms with Crippen LogP contribution < -0.4 is 5.32 Å². The topological polar surface area (TPSA) is 30.5 Å². The number of hydrogen-bond donors (Lipinski definition) is 1. The van der Waals surface area contributed by atoms with Gasteiger partial charge in [0.2, 0.25) is 0 Å². The second kappa shape index (κ2) is 22.8. The molecule has 1 rings (SSSR count). The second-order valence-electron chi connectivity index (χ2n) is 9.66. The Hall–Kier alpha value is -0.680. The number of rotatable bonds is 24. The third-order valence-electron chi connectivity index (χ3n) is 6.41. The number of benzene rings is 1. The van der Waals surface area contributed by atoms with Crippen LogP contribution in [-0.4, -0.2) is 33.0 Å². The Morgan fingerprint density at radius 2 is 1.32 bits per heavy atom. The predicted molar refractivity (Wildman–Crippen MR) is 144 cm³/mol. The number of methoxy groups -OCH3 is 1. The van der Waals surface area contributed by atoms with E-state index in [1.165, 1.54) is 102 Å². The quantitative estimate of drug-likeness (QED) is 0.144. The average Bonchev–Trinajstić information content (AvgIpc) is 2.83. The van der Waals surface area contributed by atoms with Crippen molar-refractivity contribution in [1.82, 2.24) is 5.32 Å². The number of hydrogen-bond acceptors (Lipinski definition) is 3. The van der Waals surface area contributed by atoms with E-state index in [1.807, 2.05) is 0 Å². The third kappa shape index (κ3) is 17.7. The first-order chi connectivity index (χ1) is 16.7. The minimum absolute atomic E-state index is 0.106. The zero-order valence-corrected chi connectivity index (χ0v) is 22.8. The Kier molecular flexibility index (Phi) is 21.0. The molecule has 0 aromatic heterocycles. The summed E-state index contributed by atoms with van der Waals surface area (Å²) < 4.78 is 24.5. The monoisotopic (exact) mass is 499 g/mol. The highest BCUT2D eigenvalue weighted by Gasteiger charge is 2.09. The van der Waals surface area contributed by atoms with E-state index in [0.717, 1.165) is 18.6 Å². The van der Waals surface area contributed by atoms with Gasteiger partial charge in [-0.1, -0.05) is 121 Å². The largest absolute Gasteiger partial charge is 0.383 e. The van der Waals surface area contributed by atoms with Crippen LogP contribution in [0.5, 0.6) is 0 Å². The molecule has 198 valence electrons. The fourth-order valence-electron chi connectivity index (χ4n) is 4.26. The second-order valence-corrected chi connectivity index (χ2v) is 10.1. The summed E-state index contributed by atoms with van der Waals surface area (Å²) in [5, 5.41) is 3.56. The smallest absolute Gasteiger partial charge is 0.141 e. The van der Waals surface area contributed by atoms with Crippen LogP contribution in [0.3, 0.4) is 0 Å². The molecule has 0 fully saturated rings. The first-order valence-corrected chi connectivity index (χ1v) is 14.3. The molecule has 0 unspecified atom stereocenters. The summed E-state index contributed by atoms with van der Waals surface area (Å²) >= 11 is 5.86. The van der Waals surface area contributed by atoms with Crippen molar-refractivity contribution in [3.63, 3.8) is 0 Å². The van der Waals surface area contributed by atoms with Gasteiger partial charge in [0.1, 0.15) is 5.82 Å². The zero-order valence-electron chi connectivity index (χ0n) is 22.0. The van der Waals surface area contributed by atoms with Crippen molar-refractivity contribution in [2.45, 2.75) is 122 Å². The van der Waals surface area contributed by atoms with E-state index >= 15 is 0 Å². The van der Waals surface area contributed by atoms with Gasteiger partial charge in [-0.3, -0.25) is 0 Å². The lowest BCUT2D eigenvalue weighted by molar-refractivity contribution is 0.0716. The summed E-state index contributed by atoms with van der Waals surface area (Å²) in [5.41, 5.74) is 0.949. The molecule has 0 amide bonds. The molecule has 0 bridgehead atoms. The van der Waals surface area contributed by atoms with Gasteiger partial charge in [-0.25, -0.2) is 4.39 Å². The fraction of sp³-hybridized carbons (Fsp3) is 0.793. The van der Waals surface area contributed by atoms with Crippen LogP contribution in [-0.2, 0) is 16.0 Å². The Morgan fingerprint density at radius 1 is 0.794 bits per heavy atom. The van der Waals surface area contributed by atoms with Crippen molar-refractivity contribution in [3.05, 3.63) is 34.6 Å². The maximum Gasteiger partial charge on any atom is 0.141 e. The molecular weight excluding hydrogens is 449 g/mol. The molecule has 34 heavy (non-hydrogen) atoms. The number of unbranched alkanes of at least 4 members (excludes halogenated alkanes) is 15. The van der Waals surface area contributed by atoms with Crippen molar-refractivity contribution in [2.75, 3.05) is 26.9 Å². The van der Waals surface area contributed by atoms with Gasteiger partial charge >= 0.3 is 0 Å². The van der Waals surface area contributed by atoms with E-state index in [0.29, 0.717) is 19.8 Å². The van der Waals surface area contributed by atoms with Crippen LogP contribution in [0.1, 0.15) is 115 Å². The molecule has 5 heteroatoms. The van der Waals surface area contributed by atoms with Gasteiger partial charge in [-0.15, -0.1) is 0 Å². The number of ether oxygens (including phenoxy) is 2. The molecular formula is C29H51ClFNO2. The maximum atomic E-state index is 13.3. The summed E-state index contributed by atoms with van der Waals surface area (Å²) in [6, 6.07) is 4.91. The predicted octanol–water partition coefficient (Wildman–Crippen LogP) is 8.86. The van der Waals surface area contributed by atoms with E-state index in [-0.39, 0.29) is 16.9 Å². The van der Waals surface area contributed by atoms with E-state index in [9.17, 15) is 4.39 Å². The number of halogens is 2. The van der Waals surface area contributed by atoms with Crippen LogP contribution >= 0.6 is 11.6 Å². The average molecular weight is 500 g/mol. The van der Waals surface area contributed by atoms with Crippen molar-refractivity contribution in [3.8, 4) is 0 Å². The Labute approximate surface area is 214 Å². The number of nitrogens with one attached hydrogen (secondary N) is 1. The van der Waals surface area contributed by atoms with Crippen LogP contribution in [0.15, 0.2) is 18.2 Å². The lowest BCUT2D eigenvalue weighted by Crippen LogP contribution is -2.37. The summed E-state index contributed by atoms with van der Waals surface area (Å²) in [4.78, 5) is 0. The lowest BCUT2D eigenvalue weighted by atomic mass is 10.0. The Morgan fingerprint density at radius 3 is 1.82 bits per heavy atom.